The van der Waals surface area contributed by atoms with E-state index >= 15 is 0 Å². The number of benzene rings is 4. The van der Waals surface area contributed by atoms with E-state index in [2.05, 4.69) is 40.5 Å². The first-order chi connectivity index (χ1) is 35.5. The number of carbonyl (C=O) groups is 2. The first-order valence-electron chi connectivity index (χ1n) is 24.4. The van der Waals surface area contributed by atoms with Crippen LogP contribution in [0.3, 0.4) is 0 Å². The van der Waals surface area contributed by atoms with Crippen molar-refractivity contribution >= 4 is 103 Å². The second-order valence-corrected chi connectivity index (χ2v) is 23.1. The van der Waals surface area contributed by atoms with Gasteiger partial charge in [0.25, 0.3) is 0 Å². The average Bonchev–Trinajstić information content (AvgIpc) is 3.36. The number of halogens is 6. The highest BCUT2D eigenvalue weighted by Gasteiger charge is 2.29. The zero-order valence-corrected chi connectivity index (χ0v) is 48.6. The molecule has 0 spiro atoms. The standard InChI is InChI=1S/C50H66Cl4N8O10S2.2ClH/c1-61-31-43(41-27-37(51)29-47(53)45(41)33-61)35-8-10-39(11-9-35)73(65,66)59-16-20-71-24-22-69-18-14-57-49(63)55-12-3-4-13-56-50(64)58-15-19-70-23-25-72-21-17-60-74(67,68)40-7-5-6-36(26-40)44-32-62(2)34-46-42(44)28-38(52)30-48(46)54;;/h5-11,26-30,43-44,59-60H,3-4,12-25,31-34H2,1-2H3,(H2,55,57,63)(H2,56,58,64);2*1H/t43-,44+;;/m1../s1. The van der Waals surface area contributed by atoms with Crippen molar-refractivity contribution < 1.29 is 45.4 Å². The Morgan fingerprint density at radius 1 is 0.513 bits per heavy atom. The second-order valence-electron chi connectivity index (χ2n) is 17.9. The predicted octanol–water partition coefficient (Wildman–Crippen LogP) is 7.00. The Morgan fingerprint density at radius 2 is 0.921 bits per heavy atom. The zero-order valence-electron chi connectivity index (χ0n) is 42.3. The predicted molar refractivity (Wildman–Crippen MR) is 302 cm³/mol. The molecular formula is C50H68Cl6N8O10S2. The van der Waals surface area contributed by atoms with Crippen LogP contribution in [0.15, 0.2) is 82.6 Å². The summed E-state index contributed by atoms with van der Waals surface area (Å²) in [4.78, 5) is 28.8. The Labute approximate surface area is 479 Å². The molecular weight excluding hydrogens is 1150 g/mol. The van der Waals surface area contributed by atoms with E-state index in [9.17, 15) is 26.4 Å². The maximum Gasteiger partial charge on any atom is 0.314 e. The third kappa shape index (κ3) is 20.4. The van der Waals surface area contributed by atoms with E-state index in [1.165, 1.54) is 0 Å². The molecule has 6 N–H and O–H groups in total. The minimum atomic E-state index is -3.79. The van der Waals surface area contributed by atoms with Gasteiger partial charge in [0, 0.05) is 97.4 Å². The van der Waals surface area contributed by atoms with Gasteiger partial charge in [0.15, 0.2) is 0 Å². The lowest BCUT2D eigenvalue weighted by molar-refractivity contribution is 0.0516. The molecule has 18 nitrogen and oxygen atoms in total. The highest BCUT2D eigenvalue weighted by molar-refractivity contribution is 7.89. The van der Waals surface area contributed by atoms with E-state index in [1.54, 1.807) is 42.5 Å². The van der Waals surface area contributed by atoms with Crippen molar-refractivity contribution in [2.45, 2.75) is 47.6 Å². The third-order valence-corrected chi connectivity index (χ3v) is 16.3. The number of amides is 4. The minimum absolute atomic E-state index is 0. The van der Waals surface area contributed by atoms with Gasteiger partial charge in [-0.2, -0.15) is 0 Å². The van der Waals surface area contributed by atoms with Gasteiger partial charge in [0.1, 0.15) is 0 Å². The van der Waals surface area contributed by atoms with Crippen molar-refractivity contribution in [1.29, 1.82) is 0 Å². The van der Waals surface area contributed by atoms with E-state index in [-0.39, 0.29) is 131 Å². The Kier molecular flexibility index (Phi) is 28.1. The molecule has 2 atom stereocenters. The van der Waals surface area contributed by atoms with Crippen LogP contribution in [-0.2, 0) is 52.1 Å². The van der Waals surface area contributed by atoms with Gasteiger partial charge in [-0.15, -0.1) is 24.8 Å². The fourth-order valence-electron chi connectivity index (χ4n) is 8.60. The monoisotopic (exact) mass is 1210 g/mol. The van der Waals surface area contributed by atoms with Crippen molar-refractivity contribution in [3.05, 3.63) is 126 Å². The molecule has 2 aliphatic rings. The van der Waals surface area contributed by atoms with E-state index in [1.807, 2.05) is 44.4 Å². The average molecular weight is 1220 g/mol. The van der Waals surface area contributed by atoms with Gasteiger partial charge < -0.3 is 50.0 Å². The topological polar surface area (TPSA) is 218 Å². The highest BCUT2D eigenvalue weighted by atomic mass is 35.5. The van der Waals surface area contributed by atoms with Gasteiger partial charge in [-0.05, 0) is 109 Å². The number of fused-ring (bicyclic) bond motifs is 2. The van der Waals surface area contributed by atoms with Crippen LogP contribution in [0.4, 0.5) is 9.59 Å². The van der Waals surface area contributed by atoms with E-state index in [0.717, 1.165) is 39.9 Å². The van der Waals surface area contributed by atoms with Crippen LogP contribution in [0, 0.1) is 0 Å². The molecule has 26 heteroatoms. The normalized spacial score (nSPS) is 15.7. The molecule has 2 aliphatic heterocycles. The number of urea groups is 2. The molecule has 6 rings (SSSR count). The van der Waals surface area contributed by atoms with Crippen LogP contribution in [0.25, 0.3) is 0 Å². The summed E-state index contributed by atoms with van der Waals surface area (Å²) in [6.07, 6.45) is 1.31. The van der Waals surface area contributed by atoms with Crippen molar-refractivity contribution in [1.82, 2.24) is 40.5 Å². The van der Waals surface area contributed by atoms with Crippen LogP contribution in [0.1, 0.15) is 58.1 Å². The van der Waals surface area contributed by atoms with Crippen molar-refractivity contribution in [2.24, 2.45) is 0 Å². The summed E-state index contributed by atoms with van der Waals surface area (Å²) < 4.78 is 79.3. The maximum atomic E-state index is 13.1. The number of nitrogens with one attached hydrogen (secondary N) is 6. The molecule has 0 radical (unpaired) electrons. The summed E-state index contributed by atoms with van der Waals surface area (Å²) in [5.74, 6) is -0.0949. The molecule has 0 aliphatic carbocycles. The van der Waals surface area contributed by atoms with E-state index < -0.39 is 20.0 Å². The largest absolute Gasteiger partial charge is 0.378 e. The fourth-order valence-corrected chi connectivity index (χ4v) is 11.8. The summed E-state index contributed by atoms with van der Waals surface area (Å²) in [7, 11) is -3.52. The smallest absolute Gasteiger partial charge is 0.314 e. The fraction of sp³-hybridized carbons (Fsp3) is 0.480. The molecule has 4 amide bonds. The highest BCUT2D eigenvalue weighted by Crippen LogP contribution is 2.40. The van der Waals surface area contributed by atoms with Crippen LogP contribution in [0.2, 0.25) is 20.1 Å². The van der Waals surface area contributed by atoms with Crippen molar-refractivity contribution in [2.75, 3.05) is 119 Å². The lowest BCUT2D eigenvalue weighted by Crippen LogP contribution is -2.39. The molecule has 76 heavy (non-hydrogen) atoms. The number of ether oxygens (including phenoxy) is 4. The number of sulfonamides is 2. The summed E-state index contributed by atoms with van der Waals surface area (Å²) in [5.41, 5.74) is 5.88. The number of hydrogen-bond acceptors (Lipinski definition) is 12. The molecule has 0 aromatic heterocycles. The van der Waals surface area contributed by atoms with Crippen LogP contribution >= 0.6 is 71.2 Å². The summed E-state index contributed by atoms with van der Waals surface area (Å²) >= 11 is 25.7. The molecule has 0 saturated heterocycles. The molecule has 0 fully saturated rings. The first-order valence-corrected chi connectivity index (χ1v) is 28.8. The van der Waals surface area contributed by atoms with Gasteiger partial charge in [0.05, 0.1) is 62.6 Å². The zero-order chi connectivity index (χ0) is 53.1. The van der Waals surface area contributed by atoms with Gasteiger partial charge in [-0.1, -0.05) is 70.7 Å². The Morgan fingerprint density at radius 3 is 1.38 bits per heavy atom. The van der Waals surface area contributed by atoms with Gasteiger partial charge in [-0.3, -0.25) is 0 Å². The van der Waals surface area contributed by atoms with E-state index in [4.69, 9.17) is 65.4 Å². The lowest BCUT2D eigenvalue weighted by Gasteiger charge is -2.33. The molecule has 0 unspecified atom stereocenters. The van der Waals surface area contributed by atoms with Gasteiger partial charge in [-0.25, -0.2) is 35.9 Å². The lowest BCUT2D eigenvalue weighted by atomic mass is 9.85. The molecule has 4 aromatic rings. The van der Waals surface area contributed by atoms with Crippen molar-refractivity contribution in [3.63, 3.8) is 0 Å². The van der Waals surface area contributed by atoms with Gasteiger partial charge >= 0.3 is 12.1 Å². The second kappa shape index (κ2) is 32.7. The minimum Gasteiger partial charge on any atom is -0.378 e. The molecule has 0 saturated carbocycles. The van der Waals surface area contributed by atoms with Gasteiger partial charge in [0.2, 0.25) is 20.0 Å². The van der Waals surface area contributed by atoms with Crippen molar-refractivity contribution in [3.8, 4) is 0 Å². The summed E-state index contributed by atoms with van der Waals surface area (Å²) in [6, 6.07) is 20.4. The Hall–Kier alpha value is -3.26. The molecule has 422 valence electrons. The molecule has 0 bridgehead atoms. The molecule has 4 aromatic carbocycles. The number of carbonyl (C=O) groups excluding carboxylic acids is 2. The SMILES string of the molecule is CN1Cc2c(Cl)cc(Cl)cc2[C@@H](c2ccc(S(=O)(=O)NCCOCCOCCNC(=O)NCCCCNC(=O)NCCOCCOCCNS(=O)(=O)c3cccc([C@@H]4CN(C)Cc5c(Cl)cc(Cl)cc54)c3)cc2)C1.Cl.Cl. The maximum absolute atomic E-state index is 13.1. The van der Waals surface area contributed by atoms with Crippen LogP contribution in [0.5, 0.6) is 0 Å². The third-order valence-electron chi connectivity index (χ3n) is 12.2. The first kappa shape index (κ1) is 65.3. The van der Waals surface area contributed by atoms with Crippen LogP contribution < -0.4 is 30.7 Å². The quantitative estimate of drug-likeness (QED) is 0.0303. The molecule has 2 heterocycles. The van der Waals surface area contributed by atoms with Crippen LogP contribution in [-0.4, -0.2) is 158 Å². The summed E-state index contributed by atoms with van der Waals surface area (Å²) in [6.45, 7) is 6.31. The number of rotatable bonds is 29. The van der Waals surface area contributed by atoms with E-state index in [0.29, 0.717) is 72.2 Å². The number of nitrogens with zero attached hydrogens (tertiary/aromatic N) is 2. The summed E-state index contributed by atoms with van der Waals surface area (Å²) in [5, 5.41) is 13.3. The number of unbranched alkanes of at least 4 members (excludes halogenated alkanes) is 1. The number of likely N-dealkylation sites (N-methyl/N-ethyl adjacent to an activating group) is 2. The Balaban J connectivity index is 0.00000624. The number of hydrogen-bond donors (Lipinski definition) is 6. The Bertz CT molecular complexity index is 2720.